The number of thiophene rings is 1. The second-order valence-corrected chi connectivity index (χ2v) is 6.84. The second-order valence-electron chi connectivity index (χ2n) is 5.89. The molecule has 134 valence electrons. The lowest BCUT2D eigenvalue weighted by Crippen LogP contribution is -2.29. The largest absolute Gasteiger partial charge is 0.339 e. The van der Waals surface area contributed by atoms with E-state index in [1.807, 2.05) is 53.9 Å². The number of hydrogen-bond donors (Lipinski definition) is 1. The third-order valence-corrected chi connectivity index (χ3v) is 4.86. The molecule has 27 heavy (non-hydrogen) atoms. The molecule has 0 fully saturated rings. The molecule has 6 nitrogen and oxygen atoms in total. The summed E-state index contributed by atoms with van der Waals surface area (Å²) in [5.41, 5.74) is 1.82. The van der Waals surface area contributed by atoms with Gasteiger partial charge in [-0.15, -0.1) is 11.3 Å². The highest BCUT2D eigenvalue weighted by Crippen LogP contribution is 2.22. The lowest BCUT2D eigenvalue weighted by atomic mass is 10.1. The first kappa shape index (κ1) is 17.1. The van der Waals surface area contributed by atoms with E-state index in [1.165, 1.54) is 11.3 Å². The number of amides is 1. The molecule has 3 aromatic heterocycles. The smallest absolute Gasteiger partial charge is 0.262 e. The average Bonchev–Trinajstić information content (AvgIpc) is 3.41. The van der Waals surface area contributed by atoms with Gasteiger partial charge < -0.3 is 9.84 Å². The normalized spacial score (nSPS) is 11.9. The molecule has 0 saturated carbocycles. The van der Waals surface area contributed by atoms with Crippen molar-refractivity contribution in [2.24, 2.45) is 0 Å². The number of rotatable bonds is 6. The summed E-state index contributed by atoms with van der Waals surface area (Å²) in [5, 5.41) is 8.92. The SMILES string of the molecule is O=C(N[C@H](Cc1ccccc1)c1nc(-c2cccnc2)no1)c1cccs1. The zero-order valence-electron chi connectivity index (χ0n) is 14.3. The van der Waals surface area contributed by atoms with E-state index >= 15 is 0 Å². The van der Waals surface area contributed by atoms with Gasteiger partial charge in [0, 0.05) is 24.4 Å². The molecule has 1 N–H and O–H groups in total. The third-order valence-electron chi connectivity index (χ3n) is 3.99. The Balaban J connectivity index is 1.61. The van der Waals surface area contributed by atoms with E-state index in [9.17, 15) is 4.79 Å². The lowest BCUT2D eigenvalue weighted by Gasteiger charge is -2.14. The molecule has 4 rings (SSSR count). The van der Waals surface area contributed by atoms with Gasteiger partial charge in [-0.05, 0) is 29.1 Å². The van der Waals surface area contributed by atoms with Gasteiger partial charge in [-0.1, -0.05) is 41.6 Å². The molecule has 3 heterocycles. The third kappa shape index (κ3) is 4.09. The van der Waals surface area contributed by atoms with Crippen molar-refractivity contribution in [3.8, 4) is 11.4 Å². The van der Waals surface area contributed by atoms with E-state index in [0.29, 0.717) is 23.0 Å². The van der Waals surface area contributed by atoms with Crippen molar-refractivity contribution >= 4 is 17.2 Å². The number of benzene rings is 1. The van der Waals surface area contributed by atoms with Crippen molar-refractivity contribution in [3.63, 3.8) is 0 Å². The van der Waals surface area contributed by atoms with Crippen molar-refractivity contribution in [3.05, 3.63) is 88.7 Å². The van der Waals surface area contributed by atoms with Crippen molar-refractivity contribution in [2.75, 3.05) is 0 Å². The van der Waals surface area contributed by atoms with Crippen LogP contribution < -0.4 is 5.32 Å². The first-order valence-corrected chi connectivity index (χ1v) is 9.30. The minimum Gasteiger partial charge on any atom is -0.339 e. The van der Waals surface area contributed by atoms with Gasteiger partial charge >= 0.3 is 0 Å². The fourth-order valence-electron chi connectivity index (χ4n) is 2.68. The molecule has 0 aliphatic carbocycles. The predicted octanol–water partition coefficient (Wildman–Crippen LogP) is 3.91. The molecule has 0 aliphatic rings. The van der Waals surface area contributed by atoms with Crippen LogP contribution in [0.4, 0.5) is 0 Å². The van der Waals surface area contributed by atoms with Gasteiger partial charge in [0.05, 0.1) is 4.88 Å². The summed E-state index contributed by atoms with van der Waals surface area (Å²) in [6, 6.07) is 16.8. The van der Waals surface area contributed by atoms with E-state index < -0.39 is 6.04 Å². The fraction of sp³-hybridized carbons (Fsp3) is 0.100. The monoisotopic (exact) mass is 376 g/mol. The Hall–Kier alpha value is -3.32. The summed E-state index contributed by atoms with van der Waals surface area (Å²) in [5.74, 6) is 0.649. The number of carbonyl (C=O) groups is 1. The molecule has 7 heteroatoms. The van der Waals surface area contributed by atoms with E-state index in [-0.39, 0.29) is 5.91 Å². The van der Waals surface area contributed by atoms with E-state index in [2.05, 4.69) is 20.4 Å². The number of nitrogens with one attached hydrogen (secondary N) is 1. The van der Waals surface area contributed by atoms with E-state index in [4.69, 9.17) is 4.52 Å². The Morgan fingerprint density at radius 1 is 1.11 bits per heavy atom. The average molecular weight is 376 g/mol. The maximum atomic E-state index is 12.6. The van der Waals surface area contributed by atoms with E-state index in [1.54, 1.807) is 18.5 Å². The second kappa shape index (κ2) is 7.92. The summed E-state index contributed by atoms with van der Waals surface area (Å²) >= 11 is 1.39. The Bertz CT molecular complexity index is 1000. The Kier molecular flexibility index (Phi) is 5.02. The van der Waals surface area contributed by atoms with Gasteiger partial charge in [0.2, 0.25) is 11.7 Å². The summed E-state index contributed by atoms with van der Waals surface area (Å²) < 4.78 is 5.47. The molecule has 0 aliphatic heterocycles. The highest BCUT2D eigenvalue weighted by Gasteiger charge is 2.23. The Labute approximate surface area is 159 Å². The number of pyridine rings is 1. The maximum Gasteiger partial charge on any atom is 0.262 e. The minimum absolute atomic E-state index is 0.160. The Morgan fingerprint density at radius 2 is 2.00 bits per heavy atom. The summed E-state index contributed by atoms with van der Waals surface area (Å²) in [7, 11) is 0. The zero-order chi connectivity index (χ0) is 18.5. The molecular formula is C20H16N4O2S. The van der Waals surface area contributed by atoms with Crippen molar-refractivity contribution < 1.29 is 9.32 Å². The quantitative estimate of drug-likeness (QED) is 0.552. The van der Waals surface area contributed by atoms with Crippen molar-refractivity contribution in [1.29, 1.82) is 0 Å². The highest BCUT2D eigenvalue weighted by atomic mass is 32.1. The summed E-state index contributed by atoms with van der Waals surface area (Å²) in [6.07, 6.45) is 3.90. The summed E-state index contributed by atoms with van der Waals surface area (Å²) in [4.78, 5) is 21.8. The minimum atomic E-state index is -0.431. The lowest BCUT2D eigenvalue weighted by molar-refractivity contribution is 0.0932. The van der Waals surface area contributed by atoms with Crippen LogP contribution in [0.5, 0.6) is 0 Å². The van der Waals surface area contributed by atoms with Crippen LogP contribution in [0.25, 0.3) is 11.4 Å². The first-order chi connectivity index (χ1) is 13.3. The van der Waals surface area contributed by atoms with Gasteiger partial charge in [-0.3, -0.25) is 9.78 Å². The molecular weight excluding hydrogens is 360 g/mol. The molecule has 4 aromatic rings. The van der Waals surface area contributed by atoms with Crippen LogP contribution in [0.1, 0.15) is 27.2 Å². The van der Waals surface area contributed by atoms with E-state index in [0.717, 1.165) is 11.1 Å². The predicted molar refractivity (Wildman–Crippen MR) is 102 cm³/mol. The molecule has 0 radical (unpaired) electrons. The van der Waals surface area contributed by atoms with Crippen molar-refractivity contribution in [1.82, 2.24) is 20.4 Å². The summed E-state index contributed by atoms with van der Waals surface area (Å²) in [6.45, 7) is 0. The van der Waals surface area contributed by atoms with Crippen molar-refractivity contribution in [2.45, 2.75) is 12.5 Å². The standard InChI is InChI=1S/C20H16N4O2S/c25-19(17-9-5-11-27-17)22-16(12-14-6-2-1-3-7-14)20-23-18(24-26-20)15-8-4-10-21-13-15/h1-11,13,16H,12H2,(H,22,25)/t16-/m1/s1. The van der Waals surface area contributed by atoms with Crippen LogP contribution in [-0.2, 0) is 6.42 Å². The molecule has 0 saturated heterocycles. The van der Waals surface area contributed by atoms with Gasteiger partial charge in [-0.25, -0.2) is 0 Å². The molecule has 0 spiro atoms. The van der Waals surface area contributed by atoms with Gasteiger partial charge in [0.1, 0.15) is 6.04 Å². The fourth-order valence-corrected chi connectivity index (χ4v) is 3.30. The molecule has 0 bridgehead atoms. The highest BCUT2D eigenvalue weighted by molar-refractivity contribution is 7.12. The maximum absolute atomic E-state index is 12.6. The topological polar surface area (TPSA) is 80.9 Å². The number of hydrogen-bond acceptors (Lipinski definition) is 6. The number of aromatic nitrogens is 3. The number of carbonyl (C=O) groups excluding carboxylic acids is 1. The number of nitrogens with zero attached hydrogens (tertiary/aromatic N) is 3. The van der Waals surface area contributed by atoms with Gasteiger partial charge in [0.15, 0.2) is 0 Å². The molecule has 1 amide bonds. The zero-order valence-corrected chi connectivity index (χ0v) is 15.1. The van der Waals surface area contributed by atoms with Gasteiger partial charge in [-0.2, -0.15) is 4.98 Å². The Morgan fingerprint density at radius 3 is 2.74 bits per heavy atom. The first-order valence-electron chi connectivity index (χ1n) is 8.42. The van der Waals surface area contributed by atoms with Crippen LogP contribution in [-0.4, -0.2) is 21.0 Å². The van der Waals surface area contributed by atoms with Crippen LogP contribution in [0.3, 0.4) is 0 Å². The van der Waals surface area contributed by atoms with Crippen LogP contribution in [0.15, 0.2) is 76.9 Å². The van der Waals surface area contributed by atoms with Crippen LogP contribution >= 0.6 is 11.3 Å². The van der Waals surface area contributed by atoms with Crippen LogP contribution in [0.2, 0.25) is 0 Å². The molecule has 1 atom stereocenters. The van der Waals surface area contributed by atoms with Crippen LogP contribution in [0, 0.1) is 0 Å². The molecule has 0 unspecified atom stereocenters. The molecule has 1 aromatic carbocycles. The van der Waals surface area contributed by atoms with Gasteiger partial charge in [0.25, 0.3) is 5.91 Å².